The quantitative estimate of drug-likeness (QED) is 0.0569. The van der Waals surface area contributed by atoms with Gasteiger partial charge in [0.25, 0.3) is 0 Å². The van der Waals surface area contributed by atoms with Crippen LogP contribution < -0.4 is 0 Å². The van der Waals surface area contributed by atoms with Gasteiger partial charge in [-0.05, 0) is 54.8 Å². The van der Waals surface area contributed by atoms with Crippen LogP contribution in [0.25, 0.3) is 6.08 Å². The topological polar surface area (TPSA) is 304 Å². The van der Waals surface area contributed by atoms with Crippen LogP contribution in [0, 0.1) is 0 Å². The van der Waals surface area contributed by atoms with E-state index < -0.39 is 117 Å². The summed E-state index contributed by atoms with van der Waals surface area (Å²) in [5, 5.41) is 112. The number of esters is 1. The molecule has 2 aromatic carbocycles. The highest BCUT2D eigenvalue weighted by atomic mass is 16.8. The van der Waals surface area contributed by atoms with Crippen LogP contribution in [0.5, 0.6) is 23.0 Å². The van der Waals surface area contributed by atoms with E-state index in [4.69, 9.17) is 33.2 Å². The summed E-state index contributed by atoms with van der Waals surface area (Å²) >= 11 is 0. The second kappa shape index (κ2) is 17.2. The number of phenolic OH excluding ortho intramolecular Hbond substituents is 4. The predicted molar refractivity (Wildman–Crippen MR) is 174 cm³/mol. The van der Waals surface area contributed by atoms with Gasteiger partial charge in [0.15, 0.2) is 48.0 Å². The van der Waals surface area contributed by atoms with Gasteiger partial charge in [-0.2, -0.15) is 0 Å². The lowest BCUT2D eigenvalue weighted by Gasteiger charge is -2.46. The molecule has 0 saturated carbocycles. The number of hydrogen-bond donors (Lipinski definition) is 11. The fourth-order valence-electron chi connectivity index (χ4n) is 5.87. The van der Waals surface area contributed by atoms with Gasteiger partial charge in [0.1, 0.15) is 48.3 Å². The van der Waals surface area contributed by atoms with Crippen LogP contribution in [0.3, 0.4) is 0 Å². The number of aliphatic hydroxyl groups is 7. The third-order valence-electron chi connectivity index (χ3n) is 9.09. The van der Waals surface area contributed by atoms with Gasteiger partial charge >= 0.3 is 5.97 Å². The Labute approximate surface area is 302 Å². The van der Waals surface area contributed by atoms with Gasteiger partial charge in [-0.15, -0.1) is 0 Å². The zero-order valence-electron chi connectivity index (χ0n) is 28.3. The van der Waals surface area contributed by atoms with Crippen molar-refractivity contribution in [2.45, 2.75) is 92.8 Å². The fourth-order valence-corrected chi connectivity index (χ4v) is 5.87. The van der Waals surface area contributed by atoms with Crippen LogP contribution in [0.1, 0.15) is 18.1 Å². The Morgan fingerprint density at radius 3 is 2.19 bits per heavy atom. The molecular weight excluding hydrogens is 712 g/mol. The number of aromatic hydroxyl groups is 4. The molecule has 0 aromatic heterocycles. The summed E-state index contributed by atoms with van der Waals surface area (Å²) in [4.78, 5) is 13.2. The van der Waals surface area contributed by atoms with E-state index in [2.05, 4.69) is 0 Å². The molecule has 3 saturated heterocycles. The van der Waals surface area contributed by atoms with E-state index in [9.17, 15) is 61.0 Å². The SMILES string of the molecule is C[C@@H]1O[C@@H](O[C@@H]2[C@@H](O)[C@H](OCCc3ccc(O)c(O)c3)O[C@H](CO[C@@H]3OCC(O)(CO)[C@H]3O)[C@H]2OC(=O)/C=C/c2ccc(O)c(O)c2)[C@H](O)[C@H](O)[C@@H]1O. The smallest absolute Gasteiger partial charge is 0.331 e. The number of carbonyl (C=O) groups is 1. The Balaban J connectivity index is 1.42. The molecule has 0 spiro atoms. The molecule has 3 heterocycles. The lowest BCUT2D eigenvalue weighted by atomic mass is 9.96. The van der Waals surface area contributed by atoms with E-state index in [1.807, 2.05) is 0 Å². The predicted octanol–water partition coefficient (Wildman–Crippen LogP) is -2.55. The van der Waals surface area contributed by atoms with E-state index in [0.29, 0.717) is 5.56 Å². The lowest BCUT2D eigenvalue weighted by Crippen LogP contribution is -2.65. The molecule has 0 aliphatic carbocycles. The van der Waals surface area contributed by atoms with Gasteiger partial charge in [0.2, 0.25) is 0 Å². The molecule has 0 radical (unpaired) electrons. The summed E-state index contributed by atoms with van der Waals surface area (Å²) < 4.78 is 40.0. The molecular formula is C34H44O19. The van der Waals surface area contributed by atoms with Crippen molar-refractivity contribution >= 4 is 12.0 Å². The zero-order valence-corrected chi connectivity index (χ0v) is 28.3. The molecule has 19 nitrogen and oxygen atoms in total. The molecule has 3 aliphatic rings. The van der Waals surface area contributed by atoms with Crippen LogP contribution in [-0.2, 0) is 44.4 Å². The molecule has 5 rings (SSSR count). The molecule has 11 N–H and O–H groups in total. The van der Waals surface area contributed by atoms with Gasteiger partial charge in [-0.25, -0.2) is 4.79 Å². The van der Waals surface area contributed by atoms with Gasteiger partial charge in [-0.1, -0.05) is 12.1 Å². The van der Waals surface area contributed by atoms with Crippen molar-refractivity contribution < 1.29 is 94.1 Å². The first-order chi connectivity index (χ1) is 25.1. The number of rotatable bonds is 13. The van der Waals surface area contributed by atoms with Crippen LogP contribution >= 0.6 is 0 Å². The van der Waals surface area contributed by atoms with Crippen LogP contribution in [-0.4, -0.2) is 168 Å². The number of phenols is 4. The Morgan fingerprint density at radius 1 is 0.830 bits per heavy atom. The zero-order chi connectivity index (χ0) is 38.6. The highest BCUT2D eigenvalue weighted by molar-refractivity contribution is 5.87. The monoisotopic (exact) mass is 756 g/mol. The van der Waals surface area contributed by atoms with Gasteiger partial charge < -0.3 is 89.3 Å². The van der Waals surface area contributed by atoms with E-state index in [-0.39, 0.29) is 30.1 Å². The van der Waals surface area contributed by atoms with Crippen LogP contribution in [0.2, 0.25) is 0 Å². The minimum absolute atomic E-state index is 0.136. The van der Waals surface area contributed by atoms with Gasteiger partial charge in [-0.3, -0.25) is 0 Å². The van der Waals surface area contributed by atoms with Crippen molar-refractivity contribution in [3.63, 3.8) is 0 Å². The Morgan fingerprint density at radius 2 is 1.53 bits per heavy atom. The molecule has 3 aliphatic heterocycles. The van der Waals surface area contributed by atoms with Crippen molar-refractivity contribution in [2.24, 2.45) is 0 Å². The highest BCUT2D eigenvalue weighted by Gasteiger charge is 2.54. The number of benzene rings is 2. The first-order valence-corrected chi connectivity index (χ1v) is 16.6. The van der Waals surface area contributed by atoms with E-state index in [1.165, 1.54) is 49.4 Å². The normalized spacial score (nSPS) is 36.2. The second-order valence-corrected chi connectivity index (χ2v) is 13.0. The molecule has 0 bridgehead atoms. The number of ether oxygens (including phenoxy) is 7. The first kappa shape index (κ1) is 40.5. The fraction of sp³-hybridized carbons (Fsp3) is 0.559. The highest BCUT2D eigenvalue weighted by Crippen LogP contribution is 2.34. The maximum Gasteiger partial charge on any atom is 0.331 e. The van der Waals surface area contributed by atoms with Crippen LogP contribution in [0.15, 0.2) is 42.5 Å². The van der Waals surface area contributed by atoms with E-state index >= 15 is 0 Å². The van der Waals surface area contributed by atoms with Crippen molar-refractivity contribution in [2.75, 3.05) is 26.4 Å². The van der Waals surface area contributed by atoms with Crippen molar-refractivity contribution in [3.05, 3.63) is 53.6 Å². The summed E-state index contributed by atoms with van der Waals surface area (Å²) in [5.41, 5.74) is -1.24. The molecule has 0 amide bonds. The molecule has 1 unspecified atom stereocenters. The third kappa shape index (κ3) is 9.35. The minimum Gasteiger partial charge on any atom is -0.504 e. The Hall–Kier alpha value is -3.67. The summed E-state index contributed by atoms with van der Waals surface area (Å²) in [7, 11) is 0. The average molecular weight is 757 g/mol. The maximum absolute atomic E-state index is 13.2. The summed E-state index contributed by atoms with van der Waals surface area (Å²) in [6.07, 6.45) is -17.0. The molecule has 53 heavy (non-hydrogen) atoms. The average Bonchev–Trinajstić information content (AvgIpc) is 3.42. The standard InChI is InChI=1S/C34H44O19/c1-15-24(41)25(42)26(43)32(50-15)53-29-27(44)31(47-9-8-17-3-6-19(37)21(39)11-17)51-22(12-48-33-30(45)34(46,13-35)14-49-33)28(29)52-23(40)7-4-16-2-5-18(36)20(38)10-16/h2-7,10-11,15,22,24-33,35-39,41-46H,8-9,12-14H2,1H3/b7-4+/t15-,22+,24+,25+,26+,27+,28+,29+,30-,31+,32-,33+,34?/m0/s1. The summed E-state index contributed by atoms with van der Waals surface area (Å²) in [6.45, 7) is -0.718. The van der Waals surface area contributed by atoms with Crippen molar-refractivity contribution in [1.29, 1.82) is 0 Å². The third-order valence-corrected chi connectivity index (χ3v) is 9.09. The van der Waals surface area contributed by atoms with Crippen molar-refractivity contribution in [3.8, 4) is 23.0 Å². The first-order valence-electron chi connectivity index (χ1n) is 16.6. The minimum atomic E-state index is -2.05. The molecule has 2 aromatic rings. The van der Waals surface area contributed by atoms with Gasteiger partial charge in [0, 0.05) is 6.08 Å². The van der Waals surface area contributed by atoms with Gasteiger partial charge in [0.05, 0.1) is 32.5 Å². The largest absolute Gasteiger partial charge is 0.504 e. The number of carbonyl (C=O) groups excluding carboxylic acids is 1. The molecule has 13 atom stereocenters. The Bertz CT molecular complexity index is 1570. The van der Waals surface area contributed by atoms with Crippen molar-refractivity contribution in [1.82, 2.24) is 0 Å². The summed E-state index contributed by atoms with van der Waals surface area (Å²) in [5.74, 6) is -2.62. The van der Waals surface area contributed by atoms with E-state index in [0.717, 1.165) is 6.08 Å². The maximum atomic E-state index is 13.2. The molecule has 3 fully saturated rings. The van der Waals surface area contributed by atoms with E-state index in [1.54, 1.807) is 0 Å². The number of hydrogen-bond acceptors (Lipinski definition) is 19. The Kier molecular flexibility index (Phi) is 13.2. The van der Waals surface area contributed by atoms with Crippen LogP contribution in [0.4, 0.5) is 0 Å². The second-order valence-electron chi connectivity index (χ2n) is 13.0. The molecule has 19 heteroatoms. The number of aliphatic hydroxyl groups excluding tert-OH is 6. The molecule has 294 valence electrons. The lowest BCUT2D eigenvalue weighted by molar-refractivity contribution is -0.360. The summed E-state index contributed by atoms with van der Waals surface area (Å²) in [6, 6.07) is 7.83.